The third-order valence-electron chi connectivity index (χ3n) is 6.06. The van der Waals surface area contributed by atoms with Crippen LogP contribution in [0.3, 0.4) is 0 Å². The van der Waals surface area contributed by atoms with E-state index in [0.717, 1.165) is 12.8 Å². The Kier molecular flexibility index (Phi) is 7.14. The largest absolute Gasteiger partial charge is 0.481 e. The molecule has 1 aromatic heterocycles. The van der Waals surface area contributed by atoms with Crippen LogP contribution in [0.1, 0.15) is 46.0 Å². The lowest BCUT2D eigenvalue weighted by molar-refractivity contribution is -0.136. The lowest BCUT2D eigenvalue weighted by Gasteiger charge is -2.32. The minimum atomic E-state index is -0.988. The first-order chi connectivity index (χ1) is 16.3. The van der Waals surface area contributed by atoms with Gasteiger partial charge in [-0.1, -0.05) is 11.6 Å². The molecule has 10 heteroatoms. The fraction of sp³-hybridized carbons (Fsp3) is 0.333. The molecule has 3 aromatic rings. The topological polar surface area (TPSA) is 124 Å². The number of carbonyl (C=O) groups excluding carboxylic acids is 2. The van der Waals surface area contributed by atoms with Gasteiger partial charge in [0, 0.05) is 41.8 Å². The summed E-state index contributed by atoms with van der Waals surface area (Å²) >= 11 is 5.89. The highest BCUT2D eigenvalue weighted by Crippen LogP contribution is 2.25. The number of nitrogens with zero attached hydrogens (tertiary/aromatic N) is 2. The molecule has 1 amide bonds. The number of imidazole rings is 1. The number of aromatic amines is 1. The highest BCUT2D eigenvalue weighted by Gasteiger charge is 2.25. The van der Waals surface area contributed by atoms with Crippen molar-refractivity contribution >= 4 is 40.3 Å². The van der Waals surface area contributed by atoms with Crippen molar-refractivity contribution < 1.29 is 19.5 Å². The van der Waals surface area contributed by atoms with E-state index < -0.39 is 11.9 Å². The van der Waals surface area contributed by atoms with E-state index in [4.69, 9.17) is 16.7 Å². The average Bonchev–Trinajstić information content (AvgIpc) is 3.14. The number of ketones is 1. The van der Waals surface area contributed by atoms with Crippen LogP contribution in [0, 0.1) is 0 Å². The number of hydrogen-bond acceptors (Lipinski definition) is 5. The van der Waals surface area contributed by atoms with Gasteiger partial charge < -0.3 is 15.4 Å². The summed E-state index contributed by atoms with van der Waals surface area (Å²) in [4.78, 5) is 53.0. The first-order valence-electron chi connectivity index (χ1n) is 11.1. The predicted molar refractivity (Wildman–Crippen MR) is 128 cm³/mol. The van der Waals surface area contributed by atoms with Crippen LogP contribution in [-0.2, 0) is 4.79 Å². The molecule has 1 aliphatic rings. The average molecular weight is 485 g/mol. The van der Waals surface area contributed by atoms with E-state index in [2.05, 4.69) is 15.2 Å². The van der Waals surface area contributed by atoms with Crippen LogP contribution in [-0.4, -0.2) is 63.4 Å². The zero-order chi connectivity index (χ0) is 24.2. The van der Waals surface area contributed by atoms with E-state index in [9.17, 15) is 19.2 Å². The number of benzene rings is 2. The molecule has 0 atom stereocenters. The van der Waals surface area contributed by atoms with Crippen LogP contribution in [0.2, 0.25) is 5.02 Å². The van der Waals surface area contributed by atoms with E-state index in [1.807, 2.05) is 0 Å². The molecular formula is C24H25ClN4O5. The molecule has 9 nitrogen and oxygen atoms in total. The number of carboxylic acid groups (broad SMARTS) is 1. The molecule has 0 spiro atoms. The molecular weight excluding hydrogens is 460 g/mol. The van der Waals surface area contributed by atoms with Crippen molar-refractivity contribution in [1.82, 2.24) is 19.8 Å². The van der Waals surface area contributed by atoms with Gasteiger partial charge in [0.15, 0.2) is 5.78 Å². The molecule has 2 heterocycles. The van der Waals surface area contributed by atoms with Crippen LogP contribution in [0.4, 0.5) is 0 Å². The maximum Gasteiger partial charge on any atom is 0.326 e. The first-order valence-corrected chi connectivity index (χ1v) is 11.4. The Balaban J connectivity index is 1.40. The maximum absolute atomic E-state index is 12.7. The van der Waals surface area contributed by atoms with Crippen molar-refractivity contribution in [3.63, 3.8) is 0 Å². The third-order valence-corrected chi connectivity index (χ3v) is 6.31. The second-order valence-corrected chi connectivity index (χ2v) is 8.81. The first kappa shape index (κ1) is 23.7. The van der Waals surface area contributed by atoms with Crippen molar-refractivity contribution in [3.05, 3.63) is 69.1 Å². The minimum Gasteiger partial charge on any atom is -0.481 e. The van der Waals surface area contributed by atoms with E-state index in [1.165, 1.54) is 0 Å². The van der Waals surface area contributed by atoms with Crippen molar-refractivity contribution in [2.45, 2.75) is 25.3 Å². The SMILES string of the molecule is O=C(O)CCNC(=O)c1ccc2c(c1)[nH]c(=O)n2C1CCN(CC(=O)c2ccc(Cl)cc2)CC1. The number of piperidine rings is 1. The normalized spacial score (nSPS) is 14.9. The molecule has 34 heavy (non-hydrogen) atoms. The predicted octanol–water partition coefficient (Wildman–Crippen LogP) is 2.71. The molecule has 1 fully saturated rings. The number of hydrogen-bond donors (Lipinski definition) is 3. The number of aliphatic carboxylic acids is 1. The summed E-state index contributed by atoms with van der Waals surface area (Å²) in [5.41, 5.74) is 2.00. The summed E-state index contributed by atoms with van der Waals surface area (Å²) in [5, 5.41) is 11.8. The maximum atomic E-state index is 12.7. The number of amides is 1. The molecule has 0 aliphatic carbocycles. The molecule has 0 saturated carbocycles. The summed E-state index contributed by atoms with van der Waals surface area (Å²) in [5.74, 6) is -1.35. The molecule has 1 saturated heterocycles. The molecule has 2 aromatic carbocycles. The number of fused-ring (bicyclic) bond motifs is 1. The highest BCUT2D eigenvalue weighted by atomic mass is 35.5. The third kappa shape index (κ3) is 5.37. The van der Waals surface area contributed by atoms with Gasteiger partial charge in [-0.25, -0.2) is 4.79 Å². The lowest BCUT2D eigenvalue weighted by atomic mass is 10.0. The van der Waals surface area contributed by atoms with Crippen molar-refractivity contribution in [2.75, 3.05) is 26.2 Å². The number of aromatic nitrogens is 2. The molecule has 3 N–H and O–H groups in total. The van der Waals surface area contributed by atoms with Crippen LogP contribution < -0.4 is 11.0 Å². The molecule has 1 aliphatic heterocycles. The number of rotatable bonds is 8. The summed E-state index contributed by atoms with van der Waals surface area (Å²) < 4.78 is 1.72. The van der Waals surface area contributed by atoms with Gasteiger partial charge in [0.1, 0.15) is 0 Å². The van der Waals surface area contributed by atoms with Crippen LogP contribution in [0.5, 0.6) is 0 Å². The van der Waals surface area contributed by atoms with E-state index in [1.54, 1.807) is 47.0 Å². The zero-order valence-electron chi connectivity index (χ0n) is 18.4. The second kappa shape index (κ2) is 10.2. The Morgan fingerprint density at radius 1 is 1.06 bits per heavy atom. The Morgan fingerprint density at radius 3 is 2.41 bits per heavy atom. The Morgan fingerprint density at radius 2 is 1.74 bits per heavy atom. The number of nitrogens with one attached hydrogen (secondary N) is 2. The number of carbonyl (C=O) groups is 3. The molecule has 4 rings (SSSR count). The standard InChI is InChI=1S/C24H25ClN4O5/c25-17-4-1-15(2-5-17)21(30)14-28-11-8-18(9-12-28)29-20-6-3-16(13-19(20)27-24(29)34)23(33)26-10-7-22(31)32/h1-6,13,18H,7-12,14H2,(H,26,33)(H,27,34)(H,31,32). The summed E-state index contributed by atoms with van der Waals surface area (Å²) in [7, 11) is 0. The minimum absolute atomic E-state index is 0.0154. The van der Waals surface area contributed by atoms with Gasteiger partial charge in [0.05, 0.1) is 24.0 Å². The van der Waals surface area contributed by atoms with Crippen molar-refractivity contribution in [2.24, 2.45) is 0 Å². The van der Waals surface area contributed by atoms with Gasteiger partial charge in [-0.3, -0.25) is 23.9 Å². The van der Waals surface area contributed by atoms with Gasteiger partial charge in [-0.05, 0) is 55.3 Å². The van der Waals surface area contributed by atoms with Crippen molar-refractivity contribution in [1.29, 1.82) is 0 Å². The monoisotopic (exact) mass is 484 g/mol. The zero-order valence-corrected chi connectivity index (χ0v) is 19.2. The van der Waals surface area contributed by atoms with E-state index >= 15 is 0 Å². The lowest BCUT2D eigenvalue weighted by Crippen LogP contribution is -2.39. The van der Waals surface area contributed by atoms with E-state index in [0.29, 0.717) is 46.8 Å². The second-order valence-electron chi connectivity index (χ2n) is 8.37. The van der Waals surface area contributed by atoms with Crippen LogP contribution in [0.15, 0.2) is 47.3 Å². The fourth-order valence-corrected chi connectivity index (χ4v) is 4.41. The molecule has 0 radical (unpaired) electrons. The fourth-order valence-electron chi connectivity index (χ4n) is 4.29. The smallest absolute Gasteiger partial charge is 0.326 e. The van der Waals surface area contributed by atoms with E-state index in [-0.39, 0.29) is 30.5 Å². The summed E-state index contributed by atoms with van der Waals surface area (Å²) in [6, 6.07) is 11.8. The summed E-state index contributed by atoms with van der Waals surface area (Å²) in [6.45, 7) is 1.72. The molecule has 178 valence electrons. The van der Waals surface area contributed by atoms with Crippen LogP contribution in [0.25, 0.3) is 11.0 Å². The quantitative estimate of drug-likeness (QED) is 0.422. The number of halogens is 1. The Hall–Kier alpha value is -3.43. The highest BCUT2D eigenvalue weighted by molar-refractivity contribution is 6.30. The molecule has 0 unspecified atom stereocenters. The molecule has 0 bridgehead atoms. The van der Waals surface area contributed by atoms with Crippen molar-refractivity contribution in [3.8, 4) is 0 Å². The number of carboxylic acids is 1. The number of H-pyrrole nitrogens is 1. The number of likely N-dealkylation sites (tertiary alicyclic amines) is 1. The summed E-state index contributed by atoms with van der Waals surface area (Å²) in [6.07, 6.45) is 1.28. The Labute approximate surface area is 200 Å². The number of Topliss-reactive ketones (excluding diaryl/α,β-unsaturated/α-hetero) is 1. The van der Waals surface area contributed by atoms with Gasteiger partial charge in [-0.15, -0.1) is 0 Å². The van der Waals surface area contributed by atoms with Gasteiger partial charge in [0.25, 0.3) is 5.91 Å². The van der Waals surface area contributed by atoms with Gasteiger partial charge in [0.2, 0.25) is 0 Å². The Bertz CT molecular complexity index is 1270. The van der Waals surface area contributed by atoms with Gasteiger partial charge >= 0.3 is 11.7 Å². The van der Waals surface area contributed by atoms with Gasteiger partial charge in [-0.2, -0.15) is 0 Å². The van der Waals surface area contributed by atoms with Crippen LogP contribution >= 0.6 is 11.6 Å².